The molecule has 0 spiro atoms. The summed E-state index contributed by atoms with van der Waals surface area (Å²) in [7, 11) is 8.83. The van der Waals surface area contributed by atoms with E-state index in [0.717, 1.165) is 78.2 Å². The first kappa shape index (κ1) is 44.1. The first-order valence-corrected chi connectivity index (χ1v) is 20.2. The van der Waals surface area contributed by atoms with Crippen LogP contribution >= 0.6 is 0 Å². The molecule has 0 aliphatic carbocycles. The summed E-state index contributed by atoms with van der Waals surface area (Å²) >= 11 is 0. The Kier molecular flexibility index (Phi) is 16.9. The minimum Gasteiger partial charge on any atom is -0.493 e. The number of hydrogen-bond acceptors (Lipinski definition) is 12. The van der Waals surface area contributed by atoms with Gasteiger partial charge in [0.05, 0.1) is 68.4 Å². The van der Waals surface area contributed by atoms with Crippen LogP contribution in [0.15, 0.2) is 60.7 Å². The van der Waals surface area contributed by atoms with E-state index in [-0.39, 0.29) is 19.3 Å². The molecule has 0 saturated heterocycles. The molecule has 2 atom stereocenters. The molecule has 13 nitrogen and oxygen atoms in total. The number of fused-ring (bicyclic) bond motifs is 2. The molecule has 5 rings (SSSR count). The van der Waals surface area contributed by atoms with E-state index in [2.05, 4.69) is 37.1 Å². The van der Waals surface area contributed by atoms with Crippen LogP contribution in [0.1, 0.15) is 54.5 Å². The average molecular weight is 806 g/mol. The first-order chi connectivity index (χ1) is 28.2. The number of nitrogens with zero attached hydrogens (tertiary/aromatic N) is 2. The average Bonchev–Trinajstić information content (AvgIpc) is 3.25. The number of carbonyl (C=O) groups is 2. The van der Waals surface area contributed by atoms with Crippen LogP contribution in [0.4, 0.5) is 0 Å². The summed E-state index contributed by atoms with van der Waals surface area (Å²) in [4.78, 5) is 27.4. The Morgan fingerprint density at radius 1 is 0.741 bits per heavy atom. The Balaban J connectivity index is 1.10. The van der Waals surface area contributed by atoms with Crippen molar-refractivity contribution in [1.82, 2.24) is 4.90 Å². The number of hydrogen-bond donors (Lipinski definition) is 0. The van der Waals surface area contributed by atoms with Crippen LogP contribution in [-0.4, -0.2) is 123 Å². The number of benzene rings is 3. The molecule has 0 fully saturated rings. The smallest absolute Gasteiger partial charge is 0.331 e. The lowest BCUT2D eigenvalue weighted by Crippen LogP contribution is -2.52. The fourth-order valence-electron chi connectivity index (χ4n) is 7.61. The maximum Gasteiger partial charge on any atom is 0.331 e. The maximum absolute atomic E-state index is 12.6. The molecular formula is C45H61N2O11+. The molecule has 58 heavy (non-hydrogen) atoms. The number of methoxy groups -OCH3 is 4. The van der Waals surface area contributed by atoms with Gasteiger partial charge in [-0.3, -0.25) is 4.90 Å². The molecule has 2 heterocycles. The highest BCUT2D eigenvalue weighted by Crippen LogP contribution is 2.43. The van der Waals surface area contributed by atoms with Crippen LogP contribution in [0, 0.1) is 0 Å². The molecule has 2 aliphatic rings. The summed E-state index contributed by atoms with van der Waals surface area (Å²) in [5.41, 5.74) is 4.65. The fraction of sp³-hybridized carbons (Fsp3) is 0.511. The van der Waals surface area contributed by atoms with Crippen molar-refractivity contribution < 1.29 is 56.7 Å². The molecule has 316 valence electrons. The van der Waals surface area contributed by atoms with Crippen molar-refractivity contribution in [3.8, 4) is 34.5 Å². The van der Waals surface area contributed by atoms with Crippen molar-refractivity contribution in [2.24, 2.45) is 0 Å². The molecular weight excluding hydrogens is 744 g/mol. The van der Waals surface area contributed by atoms with E-state index in [1.807, 2.05) is 30.3 Å². The third kappa shape index (κ3) is 12.3. The normalized spacial score (nSPS) is 17.1. The predicted molar refractivity (Wildman–Crippen MR) is 219 cm³/mol. The fourth-order valence-corrected chi connectivity index (χ4v) is 7.61. The summed E-state index contributed by atoms with van der Waals surface area (Å²) in [5.74, 6) is 3.11. The summed E-state index contributed by atoms with van der Waals surface area (Å²) < 4.78 is 51.3. The topological polar surface area (TPSA) is 120 Å². The van der Waals surface area contributed by atoms with E-state index in [1.54, 1.807) is 28.4 Å². The summed E-state index contributed by atoms with van der Waals surface area (Å²) in [5, 5.41) is 0. The Morgan fingerprint density at radius 3 is 2.10 bits per heavy atom. The lowest BCUT2D eigenvalue weighted by molar-refractivity contribution is -0.941. The van der Waals surface area contributed by atoms with E-state index in [1.165, 1.54) is 11.1 Å². The lowest BCUT2D eigenvalue weighted by Gasteiger charge is -2.46. The Hall–Kier alpha value is -4.98. The number of likely N-dealkylation sites (N-methyl/N-ethyl adjacent to an activating group) is 1. The zero-order valence-corrected chi connectivity index (χ0v) is 35.0. The largest absolute Gasteiger partial charge is 0.493 e. The molecule has 2 aliphatic heterocycles. The third-order valence-electron chi connectivity index (χ3n) is 10.7. The molecule has 3 aromatic rings. The number of esters is 2. The Labute approximate surface area is 343 Å². The zero-order chi connectivity index (χ0) is 41.3. The molecule has 3 aromatic carbocycles. The van der Waals surface area contributed by atoms with Crippen molar-refractivity contribution in [2.75, 3.05) is 101 Å². The van der Waals surface area contributed by atoms with Crippen molar-refractivity contribution in [2.45, 2.75) is 51.6 Å². The van der Waals surface area contributed by atoms with Gasteiger partial charge in [-0.25, -0.2) is 9.59 Å². The van der Waals surface area contributed by atoms with Gasteiger partial charge in [0.1, 0.15) is 19.3 Å². The van der Waals surface area contributed by atoms with Gasteiger partial charge in [0.25, 0.3) is 0 Å². The van der Waals surface area contributed by atoms with Crippen molar-refractivity contribution in [1.29, 1.82) is 0 Å². The molecule has 0 saturated carbocycles. The van der Waals surface area contributed by atoms with Gasteiger partial charge in [0.2, 0.25) is 0 Å². The second kappa shape index (κ2) is 22.2. The maximum atomic E-state index is 12.6. The second-order valence-corrected chi connectivity index (χ2v) is 14.7. The predicted octanol–water partition coefficient (Wildman–Crippen LogP) is 6.13. The highest BCUT2D eigenvalue weighted by Gasteiger charge is 2.40. The van der Waals surface area contributed by atoms with Gasteiger partial charge in [-0.05, 0) is 65.9 Å². The van der Waals surface area contributed by atoms with Crippen molar-refractivity contribution in [3.05, 3.63) is 82.9 Å². The molecule has 0 amide bonds. The molecule has 0 aromatic heterocycles. The minimum absolute atomic E-state index is 0.0850. The number of ether oxygens (including phenoxy) is 9. The zero-order valence-electron chi connectivity index (χ0n) is 35.0. The van der Waals surface area contributed by atoms with Crippen LogP contribution in [0.2, 0.25) is 0 Å². The van der Waals surface area contributed by atoms with Crippen LogP contribution in [-0.2, 0) is 43.2 Å². The molecule has 0 N–H and O–H groups in total. The molecule has 0 bridgehead atoms. The van der Waals surface area contributed by atoms with E-state index in [9.17, 15) is 9.59 Å². The highest BCUT2D eigenvalue weighted by atomic mass is 16.6. The molecule has 0 radical (unpaired) electrons. The van der Waals surface area contributed by atoms with Crippen molar-refractivity contribution in [3.63, 3.8) is 0 Å². The van der Waals surface area contributed by atoms with Crippen molar-refractivity contribution >= 4 is 11.9 Å². The monoisotopic (exact) mass is 805 g/mol. The highest BCUT2D eigenvalue weighted by molar-refractivity contribution is 5.91. The van der Waals surface area contributed by atoms with Gasteiger partial charge in [0, 0.05) is 63.2 Å². The van der Waals surface area contributed by atoms with Gasteiger partial charge in [-0.1, -0.05) is 19.1 Å². The second-order valence-electron chi connectivity index (χ2n) is 14.7. The van der Waals surface area contributed by atoms with Gasteiger partial charge >= 0.3 is 11.9 Å². The Bertz CT molecular complexity index is 1830. The van der Waals surface area contributed by atoms with Gasteiger partial charge < -0.3 is 47.1 Å². The van der Waals surface area contributed by atoms with E-state index in [0.29, 0.717) is 75.4 Å². The standard InChI is InChI=1S/C45H61N2O11/c1-7-21-54-24-18-46(32-34-11-13-39-43(29-34)56-26-25-55-39)17-8-22-57-44(48)14-15-45(49)58-23-9-19-47(2)20-16-35-30-41(52-5)42(53-6)31-36(35)37(47)27-33-10-12-38(50-3)40(28-33)51-4/h10-15,28-31,37H,7-9,16-27,32H2,1-6H3/q+1/b15-14-/t37-,47-/m1/s1. The van der Waals surface area contributed by atoms with Crippen LogP contribution in [0.5, 0.6) is 34.5 Å². The van der Waals surface area contributed by atoms with Crippen LogP contribution in [0.3, 0.4) is 0 Å². The van der Waals surface area contributed by atoms with Gasteiger partial charge in [-0.15, -0.1) is 0 Å². The van der Waals surface area contributed by atoms with Gasteiger partial charge in [0.15, 0.2) is 34.5 Å². The number of carbonyl (C=O) groups excluding carboxylic acids is 2. The Morgan fingerprint density at radius 2 is 1.40 bits per heavy atom. The van der Waals surface area contributed by atoms with Crippen LogP contribution < -0.4 is 28.4 Å². The SMILES string of the molecule is CCCOCCN(CCCOC(=O)/C=C\C(=O)OCCC[N@+]1(C)CCc2cc(OC)c(OC)cc2[C@H]1Cc1ccc(OC)c(OC)c1)Cc1ccc2c(c1)OCCO2. The lowest BCUT2D eigenvalue weighted by atomic mass is 9.86. The summed E-state index contributed by atoms with van der Waals surface area (Å²) in [6.45, 7) is 8.72. The molecule has 13 heteroatoms. The summed E-state index contributed by atoms with van der Waals surface area (Å²) in [6.07, 6.45) is 6.09. The quantitative estimate of drug-likeness (QED) is 0.0475. The molecule has 0 unspecified atom stereocenters. The number of rotatable bonds is 23. The minimum atomic E-state index is -0.586. The number of quaternary nitrogens is 1. The van der Waals surface area contributed by atoms with E-state index >= 15 is 0 Å². The first-order valence-electron chi connectivity index (χ1n) is 20.2. The summed E-state index contributed by atoms with van der Waals surface area (Å²) in [6, 6.07) is 16.3. The van der Waals surface area contributed by atoms with Gasteiger partial charge in [-0.2, -0.15) is 0 Å². The van der Waals surface area contributed by atoms with E-state index in [4.69, 9.17) is 42.6 Å². The third-order valence-corrected chi connectivity index (χ3v) is 10.7. The van der Waals surface area contributed by atoms with Crippen LogP contribution in [0.25, 0.3) is 0 Å². The van der Waals surface area contributed by atoms with E-state index < -0.39 is 11.9 Å².